The van der Waals surface area contributed by atoms with Gasteiger partial charge in [-0.15, -0.1) is 0 Å². The van der Waals surface area contributed by atoms with Gasteiger partial charge in [-0.1, -0.05) is 54.6 Å². The number of pyridine rings is 1. The van der Waals surface area contributed by atoms with Crippen molar-refractivity contribution in [1.82, 2.24) is 19.6 Å². The lowest BCUT2D eigenvalue weighted by atomic mass is 9.90. The molecule has 198 valence electrons. The average molecular weight is 521 g/mol. The number of carbonyl (C=O) groups excluding carboxylic acids is 1. The zero-order valence-electron chi connectivity index (χ0n) is 21.3. The smallest absolute Gasteiger partial charge is 0.353 e. The van der Waals surface area contributed by atoms with Crippen LogP contribution in [0.4, 0.5) is 13.2 Å². The molecular formula is C30H31F3N4O. The molecule has 1 amide bonds. The minimum Gasteiger partial charge on any atom is -0.353 e. The van der Waals surface area contributed by atoms with Crippen molar-refractivity contribution in [3.8, 4) is 0 Å². The maximum atomic E-state index is 13.5. The molecule has 38 heavy (non-hydrogen) atoms. The number of hydrogen-bond acceptors (Lipinski definition) is 3. The van der Waals surface area contributed by atoms with Crippen molar-refractivity contribution in [2.75, 3.05) is 13.1 Å². The van der Waals surface area contributed by atoms with E-state index in [4.69, 9.17) is 0 Å². The highest BCUT2D eigenvalue weighted by Gasteiger charge is 2.32. The number of nitrogens with zero attached hydrogens (tertiary/aromatic N) is 3. The number of aryl methyl sites for hydroxylation is 1. The summed E-state index contributed by atoms with van der Waals surface area (Å²) in [6.45, 7) is 4.57. The van der Waals surface area contributed by atoms with Crippen molar-refractivity contribution in [2.45, 2.75) is 50.9 Å². The van der Waals surface area contributed by atoms with Gasteiger partial charge in [-0.05, 0) is 48.6 Å². The highest BCUT2D eigenvalue weighted by atomic mass is 19.4. The SMILES string of the molecule is Cc1cccn2c(C(CC(=O)NC3CCN(Cc4ccccc4)CC3)c3cccc(C(F)(F)F)c3)cnc12. The van der Waals surface area contributed by atoms with E-state index in [9.17, 15) is 18.0 Å². The number of hydrogen-bond donors (Lipinski definition) is 1. The normalized spacial score (nSPS) is 16.0. The van der Waals surface area contributed by atoms with Crippen LogP contribution in [0.25, 0.3) is 5.65 Å². The van der Waals surface area contributed by atoms with Gasteiger partial charge < -0.3 is 9.72 Å². The molecule has 1 fully saturated rings. The number of rotatable bonds is 7. The number of amides is 1. The van der Waals surface area contributed by atoms with Crippen LogP contribution in [0, 0.1) is 6.92 Å². The van der Waals surface area contributed by atoms with E-state index >= 15 is 0 Å². The quantitative estimate of drug-likeness (QED) is 0.327. The van der Waals surface area contributed by atoms with Crippen molar-refractivity contribution < 1.29 is 18.0 Å². The zero-order valence-corrected chi connectivity index (χ0v) is 21.3. The molecule has 0 radical (unpaired) electrons. The lowest BCUT2D eigenvalue weighted by Gasteiger charge is -2.32. The summed E-state index contributed by atoms with van der Waals surface area (Å²) in [5.74, 6) is -0.746. The molecular weight excluding hydrogens is 489 g/mol. The van der Waals surface area contributed by atoms with Gasteiger partial charge in [0.15, 0.2) is 0 Å². The topological polar surface area (TPSA) is 49.6 Å². The van der Waals surface area contributed by atoms with Gasteiger partial charge >= 0.3 is 6.18 Å². The van der Waals surface area contributed by atoms with Gasteiger partial charge in [0, 0.05) is 50.4 Å². The monoisotopic (exact) mass is 520 g/mol. The second kappa shape index (κ2) is 11.0. The molecule has 1 saturated heterocycles. The fourth-order valence-electron chi connectivity index (χ4n) is 5.30. The van der Waals surface area contributed by atoms with Crippen LogP contribution < -0.4 is 5.32 Å². The van der Waals surface area contributed by atoms with Crippen molar-refractivity contribution in [3.63, 3.8) is 0 Å². The lowest BCUT2D eigenvalue weighted by Crippen LogP contribution is -2.44. The molecule has 0 aliphatic carbocycles. The third-order valence-electron chi connectivity index (χ3n) is 7.32. The number of benzene rings is 2. The number of alkyl halides is 3. The van der Waals surface area contributed by atoms with Crippen LogP contribution >= 0.6 is 0 Å². The Bertz CT molecular complexity index is 1390. The molecule has 1 N–H and O–H groups in total. The second-order valence-corrected chi connectivity index (χ2v) is 10.1. The first-order chi connectivity index (χ1) is 18.3. The summed E-state index contributed by atoms with van der Waals surface area (Å²) in [7, 11) is 0. The van der Waals surface area contributed by atoms with Crippen LogP contribution in [0.3, 0.4) is 0 Å². The Balaban J connectivity index is 1.32. The van der Waals surface area contributed by atoms with E-state index in [1.54, 1.807) is 12.3 Å². The average Bonchev–Trinajstić information content (AvgIpc) is 3.34. The Hall–Kier alpha value is -3.65. The number of fused-ring (bicyclic) bond motifs is 1. The molecule has 3 heterocycles. The van der Waals surface area contributed by atoms with Gasteiger partial charge in [-0.2, -0.15) is 13.2 Å². The van der Waals surface area contributed by atoms with Gasteiger partial charge in [-0.25, -0.2) is 4.98 Å². The van der Waals surface area contributed by atoms with E-state index in [0.29, 0.717) is 11.3 Å². The number of nitrogens with one attached hydrogen (secondary N) is 1. The molecule has 2 aromatic heterocycles. The summed E-state index contributed by atoms with van der Waals surface area (Å²) in [4.78, 5) is 20.2. The Morgan fingerprint density at radius 2 is 1.82 bits per heavy atom. The minimum atomic E-state index is -4.47. The molecule has 1 unspecified atom stereocenters. The molecule has 0 saturated carbocycles. The molecule has 0 bridgehead atoms. The van der Waals surface area contributed by atoms with E-state index in [2.05, 4.69) is 27.3 Å². The number of carbonyl (C=O) groups is 1. The molecule has 1 aliphatic heterocycles. The third-order valence-corrected chi connectivity index (χ3v) is 7.32. The molecule has 8 heteroatoms. The number of piperidine rings is 1. The second-order valence-electron chi connectivity index (χ2n) is 10.1. The summed E-state index contributed by atoms with van der Waals surface area (Å²) in [5, 5.41) is 3.15. The van der Waals surface area contributed by atoms with Gasteiger partial charge in [-0.3, -0.25) is 9.69 Å². The molecule has 4 aromatic rings. The maximum Gasteiger partial charge on any atom is 0.416 e. The standard InChI is InChI=1S/C30H31F3N4O/c1-21-7-6-14-37-27(19-34-29(21)37)26(23-10-5-11-24(17-23)30(31,32)33)18-28(38)35-25-12-15-36(16-13-25)20-22-8-3-2-4-9-22/h2-11,14,17,19,25-26H,12-13,15-16,18,20H2,1H3,(H,35,38). The Kier molecular flexibility index (Phi) is 7.51. The minimum absolute atomic E-state index is 0.0350. The van der Waals surface area contributed by atoms with Gasteiger partial charge in [0.25, 0.3) is 0 Å². The molecule has 5 nitrogen and oxygen atoms in total. The lowest BCUT2D eigenvalue weighted by molar-refractivity contribution is -0.137. The number of aromatic nitrogens is 2. The van der Waals surface area contributed by atoms with Crippen molar-refractivity contribution in [1.29, 1.82) is 0 Å². The van der Waals surface area contributed by atoms with E-state index in [1.807, 2.05) is 47.9 Å². The first kappa shape index (κ1) is 26.0. The first-order valence-corrected chi connectivity index (χ1v) is 12.9. The molecule has 0 spiro atoms. The van der Waals surface area contributed by atoms with Crippen molar-refractivity contribution >= 4 is 11.6 Å². The highest BCUT2D eigenvalue weighted by molar-refractivity contribution is 5.78. The van der Waals surface area contributed by atoms with Crippen LogP contribution in [0.5, 0.6) is 0 Å². The first-order valence-electron chi connectivity index (χ1n) is 12.9. The van der Waals surface area contributed by atoms with E-state index in [1.165, 1.54) is 11.6 Å². The van der Waals surface area contributed by atoms with Crippen LogP contribution in [-0.2, 0) is 17.5 Å². The molecule has 5 rings (SSSR count). The largest absolute Gasteiger partial charge is 0.416 e. The summed E-state index contributed by atoms with van der Waals surface area (Å²) < 4.78 is 42.4. The molecule has 1 atom stereocenters. The van der Waals surface area contributed by atoms with Gasteiger partial charge in [0.2, 0.25) is 5.91 Å². The fourth-order valence-corrected chi connectivity index (χ4v) is 5.30. The Morgan fingerprint density at radius 1 is 1.05 bits per heavy atom. The number of likely N-dealkylation sites (tertiary alicyclic amines) is 1. The highest BCUT2D eigenvalue weighted by Crippen LogP contribution is 2.35. The predicted molar refractivity (Wildman–Crippen MR) is 141 cm³/mol. The summed E-state index contributed by atoms with van der Waals surface area (Å²) in [6.07, 6.45) is 0.747. The van der Waals surface area contributed by atoms with Crippen LogP contribution in [-0.4, -0.2) is 39.3 Å². The summed E-state index contributed by atoms with van der Waals surface area (Å²) in [6, 6.07) is 19.4. The van der Waals surface area contributed by atoms with Crippen LogP contribution in [0.15, 0.2) is 79.1 Å². The molecule has 2 aromatic carbocycles. The Morgan fingerprint density at radius 3 is 2.55 bits per heavy atom. The predicted octanol–water partition coefficient (Wildman–Crippen LogP) is 5.96. The van der Waals surface area contributed by atoms with E-state index in [0.717, 1.165) is 55.8 Å². The summed E-state index contributed by atoms with van der Waals surface area (Å²) in [5.41, 5.74) is 3.35. The fraction of sp³-hybridized carbons (Fsp3) is 0.333. The van der Waals surface area contributed by atoms with E-state index < -0.39 is 17.7 Å². The third kappa shape index (κ3) is 5.91. The summed E-state index contributed by atoms with van der Waals surface area (Å²) >= 11 is 0. The number of imidazole rings is 1. The van der Waals surface area contributed by atoms with Crippen molar-refractivity contribution in [3.05, 3.63) is 107 Å². The molecule has 1 aliphatic rings. The van der Waals surface area contributed by atoms with Gasteiger partial charge in [0.05, 0.1) is 11.3 Å². The maximum absolute atomic E-state index is 13.5. The van der Waals surface area contributed by atoms with Crippen molar-refractivity contribution in [2.24, 2.45) is 0 Å². The zero-order chi connectivity index (χ0) is 26.7. The van der Waals surface area contributed by atoms with E-state index in [-0.39, 0.29) is 18.4 Å². The van der Waals surface area contributed by atoms with Crippen LogP contribution in [0.1, 0.15) is 53.1 Å². The number of halogens is 3. The van der Waals surface area contributed by atoms with Crippen LogP contribution in [0.2, 0.25) is 0 Å². The van der Waals surface area contributed by atoms with Gasteiger partial charge in [0.1, 0.15) is 5.65 Å². The Labute approximate surface area is 220 Å².